The zero-order valence-corrected chi connectivity index (χ0v) is 13.2. The molecule has 0 saturated carbocycles. The molecule has 1 atom stereocenters. The second-order valence-electron chi connectivity index (χ2n) is 5.34. The Morgan fingerprint density at radius 1 is 1.48 bits per heavy atom. The SMILES string of the molecule is Cc1onc(-c2ccc([N+](=O)[O-])o2)c1C(=O)OC(C)CN(C)C. The number of ether oxygens (including phenoxy) is 1. The number of rotatable bonds is 6. The van der Waals surface area contributed by atoms with E-state index in [9.17, 15) is 14.9 Å². The minimum absolute atomic E-state index is 0.0702. The number of aryl methyl sites for hydroxylation is 1. The van der Waals surface area contributed by atoms with E-state index in [0.717, 1.165) is 0 Å². The molecule has 0 radical (unpaired) electrons. The molecule has 124 valence electrons. The van der Waals surface area contributed by atoms with Crippen LogP contribution in [0.15, 0.2) is 21.1 Å². The minimum Gasteiger partial charge on any atom is -0.458 e. The third kappa shape index (κ3) is 3.75. The highest BCUT2D eigenvalue weighted by molar-refractivity contribution is 5.96. The molecule has 0 fully saturated rings. The quantitative estimate of drug-likeness (QED) is 0.452. The van der Waals surface area contributed by atoms with Gasteiger partial charge in [-0.1, -0.05) is 5.16 Å². The van der Waals surface area contributed by atoms with E-state index >= 15 is 0 Å². The van der Waals surface area contributed by atoms with Gasteiger partial charge in [-0.05, 0) is 34.0 Å². The first-order chi connectivity index (χ1) is 10.8. The van der Waals surface area contributed by atoms with Crippen LogP contribution < -0.4 is 0 Å². The van der Waals surface area contributed by atoms with E-state index in [0.29, 0.717) is 6.54 Å². The van der Waals surface area contributed by atoms with Gasteiger partial charge in [0.15, 0.2) is 11.5 Å². The first-order valence-corrected chi connectivity index (χ1v) is 6.86. The van der Waals surface area contributed by atoms with E-state index in [4.69, 9.17) is 13.7 Å². The van der Waals surface area contributed by atoms with Crippen LogP contribution in [-0.4, -0.2) is 47.7 Å². The second-order valence-corrected chi connectivity index (χ2v) is 5.34. The second kappa shape index (κ2) is 6.61. The van der Waals surface area contributed by atoms with Crippen LogP contribution in [-0.2, 0) is 4.74 Å². The molecule has 2 aromatic rings. The Hall–Kier alpha value is -2.68. The molecule has 2 heterocycles. The van der Waals surface area contributed by atoms with Gasteiger partial charge in [-0.15, -0.1) is 0 Å². The third-order valence-electron chi connectivity index (χ3n) is 3.00. The van der Waals surface area contributed by atoms with E-state index < -0.39 is 16.8 Å². The molecular weight excluding hydrogens is 306 g/mol. The number of nitro groups is 1. The molecule has 0 aliphatic heterocycles. The summed E-state index contributed by atoms with van der Waals surface area (Å²) >= 11 is 0. The van der Waals surface area contributed by atoms with E-state index in [1.54, 1.807) is 13.8 Å². The summed E-state index contributed by atoms with van der Waals surface area (Å²) in [5.74, 6) is -0.741. The van der Waals surface area contributed by atoms with Crippen LogP contribution in [0.25, 0.3) is 11.5 Å². The number of carbonyl (C=O) groups is 1. The number of esters is 1. The van der Waals surface area contributed by atoms with E-state index in [2.05, 4.69) is 5.16 Å². The van der Waals surface area contributed by atoms with Crippen molar-refractivity contribution in [2.45, 2.75) is 20.0 Å². The van der Waals surface area contributed by atoms with E-state index in [1.807, 2.05) is 19.0 Å². The fourth-order valence-corrected chi connectivity index (χ4v) is 2.13. The Bertz CT molecular complexity index is 718. The molecule has 2 aromatic heterocycles. The molecule has 0 aliphatic carbocycles. The van der Waals surface area contributed by atoms with Gasteiger partial charge in [0, 0.05) is 6.54 Å². The normalized spacial score (nSPS) is 12.4. The summed E-state index contributed by atoms with van der Waals surface area (Å²) in [6.45, 7) is 3.87. The molecular formula is C14H17N3O6. The molecule has 1 unspecified atom stereocenters. The Morgan fingerprint density at radius 2 is 2.17 bits per heavy atom. The number of furan rings is 1. The van der Waals surface area contributed by atoms with Crippen LogP contribution in [0.5, 0.6) is 0 Å². The molecule has 9 heteroatoms. The van der Waals surface area contributed by atoms with Crippen LogP contribution in [0.4, 0.5) is 5.88 Å². The maximum absolute atomic E-state index is 12.3. The average Bonchev–Trinajstić information content (AvgIpc) is 3.03. The molecule has 0 spiro atoms. The van der Waals surface area contributed by atoms with Crippen LogP contribution in [0.1, 0.15) is 23.0 Å². The van der Waals surface area contributed by atoms with E-state index in [-0.39, 0.29) is 28.9 Å². The van der Waals surface area contributed by atoms with Crippen molar-refractivity contribution in [1.82, 2.24) is 10.1 Å². The monoisotopic (exact) mass is 323 g/mol. The number of carbonyl (C=O) groups excluding carboxylic acids is 1. The van der Waals surface area contributed by atoms with Gasteiger partial charge < -0.3 is 18.6 Å². The number of hydrogen-bond donors (Lipinski definition) is 0. The maximum atomic E-state index is 12.3. The first kappa shape index (κ1) is 16.7. The first-order valence-electron chi connectivity index (χ1n) is 6.86. The van der Waals surface area contributed by atoms with Crippen LogP contribution in [0.3, 0.4) is 0 Å². The number of aromatic nitrogens is 1. The zero-order chi connectivity index (χ0) is 17.1. The van der Waals surface area contributed by atoms with Crippen LogP contribution in [0, 0.1) is 17.0 Å². The van der Waals surface area contributed by atoms with Gasteiger partial charge in [0.1, 0.15) is 22.4 Å². The highest BCUT2D eigenvalue weighted by Crippen LogP contribution is 2.30. The molecule has 0 bridgehead atoms. The van der Waals surface area contributed by atoms with Gasteiger partial charge in [-0.3, -0.25) is 10.1 Å². The Labute approximate surface area is 131 Å². The number of nitrogens with zero attached hydrogens (tertiary/aromatic N) is 3. The molecule has 9 nitrogen and oxygen atoms in total. The maximum Gasteiger partial charge on any atom is 0.433 e. The van der Waals surface area contributed by atoms with Gasteiger partial charge in [0.25, 0.3) is 0 Å². The van der Waals surface area contributed by atoms with Gasteiger partial charge in [0.2, 0.25) is 0 Å². The summed E-state index contributed by atoms with van der Waals surface area (Å²) in [6.07, 6.45) is -0.342. The third-order valence-corrected chi connectivity index (χ3v) is 3.00. The van der Waals surface area contributed by atoms with Crippen molar-refractivity contribution in [3.8, 4) is 11.5 Å². The summed E-state index contributed by atoms with van der Waals surface area (Å²) in [5, 5.41) is 14.4. The Morgan fingerprint density at radius 3 is 2.74 bits per heavy atom. The molecule has 0 aromatic carbocycles. The van der Waals surface area contributed by atoms with Crippen molar-refractivity contribution >= 4 is 11.9 Å². The van der Waals surface area contributed by atoms with Crippen LogP contribution >= 0.6 is 0 Å². The van der Waals surface area contributed by atoms with Crippen molar-refractivity contribution in [3.63, 3.8) is 0 Å². The lowest BCUT2D eigenvalue weighted by Crippen LogP contribution is -2.28. The zero-order valence-electron chi connectivity index (χ0n) is 13.2. The molecule has 23 heavy (non-hydrogen) atoms. The number of hydrogen-bond acceptors (Lipinski definition) is 8. The lowest BCUT2D eigenvalue weighted by molar-refractivity contribution is -0.401. The molecule has 0 saturated heterocycles. The summed E-state index contributed by atoms with van der Waals surface area (Å²) in [6, 6.07) is 2.54. The predicted octanol–water partition coefficient (Wildman–Crippen LogP) is 2.26. The standard InChI is InChI=1S/C14H17N3O6/c1-8(7-16(3)4)21-14(18)12-9(2)23-15-13(12)10-5-6-11(22-10)17(19)20/h5-6,8H,7H2,1-4H3. The summed E-state index contributed by atoms with van der Waals surface area (Å²) in [7, 11) is 3.73. The lowest BCUT2D eigenvalue weighted by atomic mass is 10.1. The fraction of sp³-hybridized carbons (Fsp3) is 0.429. The Balaban J connectivity index is 2.27. The van der Waals surface area contributed by atoms with Crippen molar-refractivity contribution < 1.29 is 23.4 Å². The highest BCUT2D eigenvalue weighted by atomic mass is 16.6. The molecule has 2 rings (SSSR count). The molecule has 0 N–H and O–H groups in total. The largest absolute Gasteiger partial charge is 0.458 e. The number of likely N-dealkylation sites (N-methyl/N-ethyl adjacent to an activating group) is 1. The minimum atomic E-state index is -0.673. The van der Waals surface area contributed by atoms with Crippen molar-refractivity contribution in [2.75, 3.05) is 20.6 Å². The fourth-order valence-electron chi connectivity index (χ4n) is 2.13. The highest BCUT2D eigenvalue weighted by Gasteiger charge is 2.27. The summed E-state index contributed by atoms with van der Waals surface area (Å²) < 4.78 is 15.4. The smallest absolute Gasteiger partial charge is 0.433 e. The van der Waals surface area contributed by atoms with Gasteiger partial charge in [-0.25, -0.2) is 4.79 Å². The predicted molar refractivity (Wildman–Crippen MR) is 79.0 cm³/mol. The molecule has 0 amide bonds. The van der Waals surface area contributed by atoms with Crippen molar-refractivity contribution in [3.05, 3.63) is 33.6 Å². The van der Waals surface area contributed by atoms with Gasteiger partial charge in [-0.2, -0.15) is 0 Å². The van der Waals surface area contributed by atoms with Crippen molar-refractivity contribution in [2.24, 2.45) is 0 Å². The summed E-state index contributed by atoms with van der Waals surface area (Å²) in [5.41, 5.74) is 0.178. The van der Waals surface area contributed by atoms with Crippen molar-refractivity contribution in [1.29, 1.82) is 0 Å². The topological polar surface area (TPSA) is 112 Å². The Kier molecular flexibility index (Phi) is 4.80. The summed E-state index contributed by atoms with van der Waals surface area (Å²) in [4.78, 5) is 24.2. The lowest BCUT2D eigenvalue weighted by Gasteiger charge is -2.17. The van der Waals surface area contributed by atoms with E-state index in [1.165, 1.54) is 12.1 Å². The molecule has 0 aliphatic rings. The van der Waals surface area contributed by atoms with Crippen LogP contribution in [0.2, 0.25) is 0 Å². The average molecular weight is 323 g/mol. The van der Waals surface area contributed by atoms with Gasteiger partial charge >= 0.3 is 11.9 Å². The van der Waals surface area contributed by atoms with Gasteiger partial charge in [0.05, 0.1) is 6.07 Å².